The monoisotopic (exact) mass is 365 g/mol. The largest absolute Gasteiger partial charge is 0.345 e. The Morgan fingerprint density at radius 1 is 1.19 bits per heavy atom. The number of amides is 2. The Hall–Kier alpha value is -3.22. The van der Waals surface area contributed by atoms with Gasteiger partial charge in [0.1, 0.15) is 0 Å². The van der Waals surface area contributed by atoms with Gasteiger partial charge in [0.05, 0.1) is 17.8 Å². The van der Waals surface area contributed by atoms with Crippen molar-refractivity contribution in [2.24, 2.45) is 0 Å². The minimum Gasteiger partial charge on any atom is -0.345 e. The lowest BCUT2D eigenvalue weighted by atomic mass is 10.3. The Bertz CT molecular complexity index is 936. The van der Waals surface area contributed by atoms with Crippen LogP contribution in [0.25, 0.3) is 5.52 Å². The van der Waals surface area contributed by atoms with E-state index in [4.69, 9.17) is 0 Å². The Balaban J connectivity index is 1.85. The van der Waals surface area contributed by atoms with Crippen LogP contribution in [0.1, 0.15) is 46.6 Å². The van der Waals surface area contributed by atoms with Crippen LogP contribution < -0.4 is 5.32 Å². The predicted octanol–water partition coefficient (Wildman–Crippen LogP) is 2.53. The maximum atomic E-state index is 12.8. The van der Waals surface area contributed by atoms with Crippen LogP contribution in [0.4, 0.5) is 0 Å². The van der Waals surface area contributed by atoms with E-state index in [1.165, 1.54) is 0 Å². The number of hydrogen-bond donors (Lipinski definition) is 1. The molecule has 0 fully saturated rings. The summed E-state index contributed by atoms with van der Waals surface area (Å²) < 4.78 is 1.67. The van der Waals surface area contributed by atoms with Gasteiger partial charge < -0.3 is 10.2 Å². The first kappa shape index (κ1) is 18.6. The van der Waals surface area contributed by atoms with Crippen LogP contribution in [0.2, 0.25) is 0 Å². The standard InChI is InChI=1S/C20H23N5O2/c1-3-4-12-24(2)20(27)18-23-17(16-10-6-8-13-25(16)18)19(26)22-14-15-9-5-7-11-21-15/h5-11,13H,3-4,12,14H2,1-2H3,(H,22,26). The first-order chi connectivity index (χ1) is 13.1. The lowest BCUT2D eigenvalue weighted by Gasteiger charge is -2.15. The third-order valence-electron chi connectivity index (χ3n) is 4.30. The Morgan fingerprint density at radius 2 is 2.00 bits per heavy atom. The summed E-state index contributed by atoms with van der Waals surface area (Å²) in [5.74, 6) is -0.291. The average molecular weight is 365 g/mol. The molecule has 7 nitrogen and oxygen atoms in total. The topological polar surface area (TPSA) is 79.6 Å². The maximum absolute atomic E-state index is 12.8. The van der Waals surface area contributed by atoms with Crippen molar-refractivity contribution in [3.05, 3.63) is 66.0 Å². The SMILES string of the molecule is CCCCN(C)C(=O)c1nc(C(=O)NCc2ccccn2)c2ccccn12. The molecule has 0 radical (unpaired) electrons. The van der Waals surface area contributed by atoms with Crippen LogP contribution in [-0.4, -0.2) is 44.7 Å². The van der Waals surface area contributed by atoms with Crippen LogP contribution in [0.3, 0.4) is 0 Å². The molecule has 0 saturated carbocycles. The first-order valence-corrected chi connectivity index (χ1v) is 9.02. The van der Waals surface area contributed by atoms with Crippen molar-refractivity contribution in [1.82, 2.24) is 24.6 Å². The van der Waals surface area contributed by atoms with Crippen molar-refractivity contribution >= 4 is 17.3 Å². The smallest absolute Gasteiger partial charge is 0.289 e. The van der Waals surface area contributed by atoms with E-state index in [9.17, 15) is 9.59 Å². The molecule has 0 saturated heterocycles. The van der Waals surface area contributed by atoms with E-state index in [0.717, 1.165) is 18.5 Å². The highest BCUT2D eigenvalue weighted by Gasteiger charge is 2.23. The third-order valence-corrected chi connectivity index (χ3v) is 4.30. The molecule has 3 aromatic heterocycles. The molecule has 0 aliphatic carbocycles. The van der Waals surface area contributed by atoms with Gasteiger partial charge in [-0.15, -0.1) is 0 Å². The maximum Gasteiger partial charge on any atom is 0.289 e. The fraction of sp³-hybridized carbons (Fsp3) is 0.300. The van der Waals surface area contributed by atoms with Gasteiger partial charge in [0.2, 0.25) is 5.82 Å². The van der Waals surface area contributed by atoms with E-state index >= 15 is 0 Å². The van der Waals surface area contributed by atoms with Gasteiger partial charge in [-0.2, -0.15) is 0 Å². The molecule has 0 aliphatic heterocycles. The molecule has 3 heterocycles. The van der Waals surface area contributed by atoms with E-state index in [1.807, 2.05) is 30.3 Å². The number of nitrogens with one attached hydrogen (secondary N) is 1. The molecule has 27 heavy (non-hydrogen) atoms. The molecular weight excluding hydrogens is 342 g/mol. The van der Waals surface area contributed by atoms with Crippen LogP contribution in [-0.2, 0) is 6.54 Å². The van der Waals surface area contributed by atoms with Crippen molar-refractivity contribution in [3.63, 3.8) is 0 Å². The summed E-state index contributed by atoms with van der Waals surface area (Å²) in [6, 6.07) is 10.9. The average Bonchev–Trinajstić information content (AvgIpc) is 3.10. The van der Waals surface area contributed by atoms with Crippen LogP contribution in [0.15, 0.2) is 48.8 Å². The third kappa shape index (κ3) is 4.13. The van der Waals surface area contributed by atoms with Crippen molar-refractivity contribution in [2.45, 2.75) is 26.3 Å². The molecule has 0 spiro atoms. The van der Waals surface area contributed by atoms with Crippen molar-refractivity contribution in [1.29, 1.82) is 0 Å². The van der Waals surface area contributed by atoms with Gasteiger partial charge in [-0.25, -0.2) is 4.98 Å². The zero-order valence-electron chi connectivity index (χ0n) is 15.6. The molecule has 0 bridgehead atoms. The minimum atomic E-state index is -0.334. The summed E-state index contributed by atoms with van der Waals surface area (Å²) in [5, 5.41) is 2.82. The van der Waals surface area contributed by atoms with E-state index in [2.05, 4.69) is 22.2 Å². The van der Waals surface area contributed by atoms with Crippen LogP contribution in [0, 0.1) is 0 Å². The number of nitrogens with zero attached hydrogens (tertiary/aromatic N) is 4. The number of fused-ring (bicyclic) bond motifs is 1. The van der Waals surface area contributed by atoms with Crippen molar-refractivity contribution < 1.29 is 9.59 Å². The lowest BCUT2D eigenvalue weighted by Crippen LogP contribution is -2.29. The number of pyridine rings is 2. The van der Waals surface area contributed by atoms with Gasteiger partial charge in [0.15, 0.2) is 5.69 Å². The van der Waals surface area contributed by atoms with Gasteiger partial charge in [0, 0.05) is 26.0 Å². The van der Waals surface area contributed by atoms with Crippen LogP contribution in [0.5, 0.6) is 0 Å². The molecule has 0 aliphatic rings. The number of rotatable bonds is 7. The van der Waals surface area contributed by atoms with Crippen LogP contribution >= 0.6 is 0 Å². The molecule has 7 heteroatoms. The summed E-state index contributed by atoms with van der Waals surface area (Å²) in [6.07, 6.45) is 5.35. The zero-order valence-corrected chi connectivity index (χ0v) is 15.6. The number of carbonyl (C=O) groups is 2. The summed E-state index contributed by atoms with van der Waals surface area (Å²) in [5.41, 5.74) is 1.59. The predicted molar refractivity (Wildman–Crippen MR) is 102 cm³/mol. The van der Waals surface area contributed by atoms with Crippen molar-refractivity contribution in [3.8, 4) is 0 Å². The molecule has 0 unspecified atom stereocenters. The Morgan fingerprint density at radius 3 is 2.74 bits per heavy atom. The molecule has 0 aromatic carbocycles. The van der Waals surface area contributed by atoms with E-state index in [1.54, 1.807) is 34.8 Å². The quantitative estimate of drug-likeness (QED) is 0.698. The minimum absolute atomic E-state index is 0.201. The van der Waals surface area contributed by atoms with Crippen molar-refractivity contribution in [2.75, 3.05) is 13.6 Å². The Kier molecular flexibility index (Phi) is 5.80. The van der Waals surface area contributed by atoms with E-state index in [0.29, 0.717) is 18.6 Å². The van der Waals surface area contributed by atoms with E-state index in [-0.39, 0.29) is 23.3 Å². The first-order valence-electron chi connectivity index (χ1n) is 9.02. The van der Waals surface area contributed by atoms with Gasteiger partial charge in [-0.1, -0.05) is 25.5 Å². The van der Waals surface area contributed by atoms with E-state index < -0.39 is 0 Å². The molecular formula is C20H23N5O2. The molecule has 3 rings (SSSR count). The summed E-state index contributed by atoms with van der Waals surface area (Å²) in [4.78, 5) is 35.7. The second kappa shape index (κ2) is 8.44. The second-order valence-electron chi connectivity index (χ2n) is 6.32. The zero-order chi connectivity index (χ0) is 19.2. The summed E-state index contributed by atoms with van der Waals surface area (Å²) in [6.45, 7) is 3.02. The molecule has 140 valence electrons. The lowest BCUT2D eigenvalue weighted by molar-refractivity contribution is 0.0780. The van der Waals surface area contributed by atoms with Gasteiger partial charge in [-0.05, 0) is 30.7 Å². The number of aromatic nitrogens is 3. The highest BCUT2D eigenvalue weighted by atomic mass is 16.2. The number of unbranched alkanes of at least 4 members (excludes halogenated alkanes) is 1. The highest BCUT2D eigenvalue weighted by molar-refractivity contribution is 6.02. The normalized spacial score (nSPS) is 10.7. The highest BCUT2D eigenvalue weighted by Crippen LogP contribution is 2.15. The second-order valence-corrected chi connectivity index (χ2v) is 6.32. The fourth-order valence-corrected chi connectivity index (χ4v) is 2.78. The van der Waals surface area contributed by atoms with Gasteiger partial charge in [-0.3, -0.25) is 19.0 Å². The molecule has 0 atom stereocenters. The summed E-state index contributed by atoms with van der Waals surface area (Å²) >= 11 is 0. The number of hydrogen-bond acceptors (Lipinski definition) is 4. The van der Waals surface area contributed by atoms with Gasteiger partial charge >= 0.3 is 0 Å². The summed E-state index contributed by atoms with van der Waals surface area (Å²) in [7, 11) is 1.75. The fourth-order valence-electron chi connectivity index (χ4n) is 2.78. The molecule has 3 aromatic rings. The molecule has 1 N–H and O–H groups in total. The number of carbonyl (C=O) groups excluding carboxylic acids is 2. The Labute approximate surface area is 158 Å². The number of imidazole rings is 1. The molecule has 2 amide bonds. The van der Waals surface area contributed by atoms with Gasteiger partial charge in [0.25, 0.3) is 11.8 Å².